The number of hydrogen-bond donors (Lipinski definition) is 0. The van der Waals surface area contributed by atoms with Crippen molar-refractivity contribution < 1.29 is 110 Å². The Balaban J connectivity index is 0.000000865. The van der Waals surface area contributed by atoms with Gasteiger partial charge < -0.3 is 4.48 Å². The second kappa shape index (κ2) is 18.3. The zero-order chi connectivity index (χ0) is 51.4. The van der Waals surface area contributed by atoms with Crippen molar-refractivity contribution in [1.29, 1.82) is 0 Å². The molecule has 1 heterocycles. The molecule has 0 aromatic heterocycles. The van der Waals surface area contributed by atoms with E-state index >= 15 is 0 Å². The number of nitrogens with zero attached hydrogens (tertiary/aromatic N) is 1. The summed E-state index contributed by atoms with van der Waals surface area (Å²) in [6, 6.07) is -8.81. The first-order valence-corrected chi connectivity index (χ1v) is 19.2. The van der Waals surface area contributed by atoms with Gasteiger partial charge in [0.15, 0.2) is 0 Å². The van der Waals surface area contributed by atoms with Gasteiger partial charge in [-0.15, -0.1) is 0 Å². The molecule has 0 bridgehead atoms. The van der Waals surface area contributed by atoms with E-state index in [4.69, 9.17) is 0 Å². The maximum absolute atomic E-state index is 14.2. The molecular formula is C41H32BF24N. The highest BCUT2D eigenvalue weighted by Crippen LogP contribution is 2.41. The molecule has 0 spiro atoms. The highest BCUT2D eigenvalue weighted by molar-refractivity contribution is 7.20. The molecule has 1 fully saturated rings. The van der Waals surface area contributed by atoms with Gasteiger partial charge in [-0.1, -0.05) is 61.9 Å². The summed E-state index contributed by atoms with van der Waals surface area (Å²) in [5.41, 5.74) is -30.2. The Labute approximate surface area is 363 Å². The maximum atomic E-state index is 14.2. The standard InChI is InChI=1S/C32H12BF24.C9H20N/c34-25(35,36)13-1-14(26(37,38)39)6-21(5-13)33(22-7-15(27(40,41)42)2-16(8-22)28(43,44)45,23-9-17(29(46,47)48)3-18(10-23)30(49,50)51)24-11-19(31(52,53)54)4-20(12-24)32(55,56)57;1-3-4-7-10(2)8-5-6-9-10/h1-12H;3-9H2,1-2H3/q-1;+1. The number of hydrogen-bond acceptors (Lipinski definition) is 0. The van der Waals surface area contributed by atoms with Gasteiger partial charge in [0.2, 0.25) is 0 Å². The summed E-state index contributed by atoms with van der Waals surface area (Å²) >= 11 is 0. The summed E-state index contributed by atoms with van der Waals surface area (Å²) in [6.07, 6.45) is -49.1. The van der Waals surface area contributed by atoms with Gasteiger partial charge in [-0.3, -0.25) is 0 Å². The van der Waals surface area contributed by atoms with Crippen LogP contribution in [0, 0.1) is 0 Å². The molecular weight excluding hydrogens is 973 g/mol. The third-order valence-corrected chi connectivity index (χ3v) is 11.1. The van der Waals surface area contributed by atoms with Gasteiger partial charge in [0, 0.05) is 12.8 Å². The molecule has 4 aromatic carbocycles. The van der Waals surface area contributed by atoms with Crippen molar-refractivity contribution in [3.05, 3.63) is 117 Å². The lowest BCUT2D eigenvalue weighted by Gasteiger charge is -2.46. The lowest BCUT2D eigenvalue weighted by atomic mass is 9.12. The van der Waals surface area contributed by atoms with E-state index in [1.54, 1.807) is 0 Å². The van der Waals surface area contributed by atoms with Gasteiger partial charge in [-0.05, 0) is 30.7 Å². The second-order valence-electron chi connectivity index (χ2n) is 16.1. The Kier molecular flexibility index (Phi) is 15.0. The molecule has 0 N–H and O–H groups in total. The Bertz CT molecular complexity index is 1930. The Hall–Kier alpha value is -4.78. The zero-order valence-corrected chi connectivity index (χ0v) is 34.0. The summed E-state index contributed by atoms with van der Waals surface area (Å²) in [5, 5.41) is 0. The molecule has 0 saturated carbocycles. The van der Waals surface area contributed by atoms with Gasteiger partial charge >= 0.3 is 49.4 Å². The van der Waals surface area contributed by atoms with Crippen molar-refractivity contribution in [2.45, 2.75) is 82.0 Å². The van der Waals surface area contributed by atoms with Crippen LogP contribution < -0.4 is 21.9 Å². The van der Waals surface area contributed by atoms with Crippen LogP contribution in [-0.4, -0.2) is 37.3 Å². The largest absolute Gasteiger partial charge is 0.416 e. The molecule has 26 heteroatoms. The molecule has 1 nitrogen and oxygen atoms in total. The number of unbranched alkanes of at least 4 members (excludes halogenated alkanes) is 1. The van der Waals surface area contributed by atoms with E-state index in [0.29, 0.717) is 0 Å². The summed E-state index contributed by atoms with van der Waals surface area (Å²) in [5.74, 6) is 0. The molecule has 0 atom stereocenters. The number of likely N-dealkylation sites (tertiary alicyclic amines) is 1. The molecule has 0 aliphatic carbocycles. The fourth-order valence-electron chi connectivity index (χ4n) is 7.93. The first kappa shape index (κ1) is 54.8. The van der Waals surface area contributed by atoms with E-state index in [2.05, 4.69) is 14.0 Å². The first-order chi connectivity index (χ1) is 30.0. The number of alkyl halides is 24. The van der Waals surface area contributed by atoms with Crippen molar-refractivity contribution in [2.75, 3.05) is 26.7 Å². The van der Waals surface area contributed by atoms with Crippen LogP contribution in [0.3, 0.4) is 0 Å². The predicted molar refractivity (Wildman–Crippen MR) is 195 cm³/mol. The van der Waals surface area contributed by atoms with E-state index in [9.17, 15) is 105 Å². The summed E-state index contributed by atoms with van der Waals surface area (Å²) in [7, 11) is 2.41. The predicted octanol–water partition coefficient (Wildman–Crippen LogP) is 13.2. The van der Waals surface area contributed by atoms with Crippen LogP contribution in [0.1, 0.15) is 77.1 Å². The molecule has 4 aromatic rings. The lowest BCUT2D eigenvalue weighted by Crippen LogP contribution is -2.75. The van der Waals surface area contributed by atoms with Crippen molar-refractivity contribution in [3.8, 4) is 0 Å². The molecule has 1 aliphatic rings. The Morgan fingerprint density at radius 1 is 0.343 bits per heavy atom. The van der Waals surface area contributed by atoms with Crippen LogP contribution in [0.5, 0.6) is 0 Å². The van der Waals surface area contributed by atoms with Gasteiger partial charge in [0.05, 0.1) is 71.2 Å². The van der Waals surface area contributed by atoms with Crippen molar-refractivity contribution in [2.24, 2.45) is 0 Å². The summed E-state index contributed by atoms with van der Waals surface area (Å²) in [4.78, 5) is 0. The van der Waals surface area contributed by atoms with Gasteiger partial charge in [-0.25, -0.2) is 0 Å². The van der Waals surface area contributed by atoms with E-state index < -0.39 is 195 Å². The van der Waals surface area contributed by atoms with Crippen LogP contribution in [0.4, 0.5) is 105 Å². The number of rotatable bonds is 7. The minimum absolute atomic E-state index is 0.691. The molecule has 1 saturated heterocycles. The molecule has 0 unspecified atom stereocenters. The molecule has 1 aliphatic heterocycles. The van der Waals surface area contributed by atoms with Crippen molar-refractivity contribution in [3.63, 3.8) is 0 Å². The monoisotopic (exact) mass is 1010 g/mol. The van der Waals surface area contributed by atoms with Crippen molar-refractivity contribution in [1.82, 2.24) is 0 Å². The highest BCUT2D eigenvalue weighted by atomic mass is 19.4. The average Bonchev–Trinajstić information content (AvgIpc) is 3.60. The normalized spacial score (nSPS) is 15.7. The van der Waals surface area contributed by atoms with E-state index in [-0.39, 0.29) is 0 Å². The number of halogens is 24. The molecule has 5 rings (SSSR count). The topological polar surface area (TPSA) is 0 Å². The SMILES string of the molecule is CCCC[N+]1(C)CCCC1.FC(F)(F)c1cc([B-](c2cc(C(F)(F)F)cc(C(F)(F)F)c2)(c2cc(C(F)(F)F)cc(C(F)(F)F)c2)c2cc(C(F)(F)F)cc(C(F)(F)F)c2)cc(C(F)(F)F)c1. The summed E-state index contributed by atoms with van der Waals surface area (Å²) in [6.45, 7) is 6.55. The summed E-state index contributed by atoms with van der Waals surface area (Å²) < 4.78 is 342. The second-order valence-corrected chi connectivity index (χ2v) is 16.1. The van der Waals surface area contributed by atoms with Gasteiger partial charge in [0.25, 0.3) is 0 Å². The van der Waals surface area contributed by atoms with Crippen LogP contribution in [0.25, 0.3) is 0 Å². The Morgan fingerprint density at radius 3 is 0.672 bits per heavy atom. The van der Waals surface area contributed by atoms with Crippen LogP contribution in [0.15, 0.2) is 72.8 Å². The van der Waals surface area contributed by atoms with E-state index in [0.717, 1.165) is 0 Å². The van der Waals surface area contributed by atoms with Gasteiger partial charge in [-0.2, -0.15) is 127 Å². The van der Waals surface area contributed by atoms with E-state index in [1.165, 1.54) is 49.8 Å². The lowest BCUT2D eigenvalue weighted by molar-refractivity contribution is -0.897. The third kappa shape index (κ3) is 12.9. The quantitative estimate of drug-likeness (QED) is 0.0983. The smallest absolute Gasteiger partial charge is 0.326 e. The minimum atomic E-state index is -6.13. The Morgan fingerprint density at radius 2 is 0.522 bits per heavy atom. The average molecular weight is 1010 g/mol. The number of benzene rings is 4. The maximum Gasteiger partial charge on any atom is 0.416 e. The fraction of sp³-hybridized carbons (Fsp3) is 0.415. The zero-order valence-electron chi connectivity index (χ0n) is 34.0. The minimum Gasteiger partial charge on any atom is -0.326 e. The number of quaternary nitrogens is 1. The van der Waals surface area contributed by atoms with Crippen molar-refractivity contribution >= 4 is 28.0 Å². The highest BCUT2D eigenvalue weighted by Gasteiger charge is 2.47. The fourth-order valence-corrected chi connectivity index (χ4v) is 7.93. The first-order valence-electron chi connectivity index (χ1n) is 19.2. The molecule has 67 heavy (non-hydrogen) atoms. The molecule has 372 valence electrons. The third-order valence-electron chi connectivity index (χ3n) is 11.1. The van der Waals surface area contributed by atoms with Crippen LogP contribution in [-0.2, 0) is 49.4 Å². The van der Waals surface area contributed by atoms with Crippen LogP contribution in [0.2, 0.25) is 0 Å². The molecule has 0 radical (unpaired) electrons. The van der Waals surface area contributed by atoms with Gasteiger partial charge in [0.1, 0.15) is 6.15 Å². The van der Waals surface area contributed by atoms with E-state index in [1.807, 2.05) is 0 Å². The van der Waals surface area contributed by atoms with Crippen LogP contribution >= 0.6 is 0 Å². The molecule has 0 amide bonds.